The fourth-order valence-corrected chi connectivity index (χ4v) is 5.75. The third-order valence-electron chi connectivity index (χ3n) is 6.60. The second-order valence-electron chi connectivity index (χ2n) is 8.93. The molecule has 0 radical (unpaired) electrons. The molecule has 38 heavy (non-hydrogen) atoms. The Morgan fingerprint density at radius 1 is 1.08 bits per heavy atom. The first kappa shape index (κ1) is 26.0. The van der Waals surface area contributed by atoms with E-state index in [1.807, 2.05) is 31.2 Å². The Labute approximate surface area is 233 Å². The summed E-state index contributed by atoms with van der Waals surface area (Å²) >= 11 is 2.14. The molecule has 1 N–H and O–H groups in total. The van der Waals surface area contributed by atoms with E-state index < -0.39 is 11.9 Å². The molecule has 0 saturated heterocycles. The molecule has 0 saturated carbocycles. The number of hydrogen-bond acceptors (Lipinski definition) is 6. The minimum atomic E-state index is -0.676. The molecule has 2 aliphatic rings. The number of fused-ring (bicyclic) bond motifs is 2. The predicted molar refractivity (Wildman–Crippen MR) is 149 cm³/mol. The number of carbonyl (C=O) groups is 2. The average Bonchev–Trinajstić information content (AvgIpc) is 3.18. The number of esters is 1. The molecule has 0 bridgehead atoms. The summed E-state index contributed by atoms with van der Waals surface area (Å²) in [7, 11) is 1.53. The largest absolute Gasteiger partial charge is 0.493 e. The number of hydrogen-bond donors (Lipinski definition) is 1. The zero-order chi connectivity index (χ0) is 27.0. The molecule has 5 rings (SSSR count). The molecule has 3 aromatic carbocycles. The summed E-state index contributed by atoms with van der Waals surface area (Å²) in [4.78, 5) is 26.9. The zero-order valence-electron chi connectivity index (χ0n) is 21.1. The Kier molecular flexibility index (Phi) is 7.25. The van der Waals surface area contributed by atoms with Crippen LogP contribution in [0.4, 0.5) is 4.39 Å². The molecule has 1 aliphatic heterocycles. The quantitative estimate of drug-likeness (QED) is 0.251. The molecule has 6 nitrogen and oxygen atoms in total. The number of halogens is 2. The van der Waals surface area contributed by atoms with Gasteiger partial charge in [0.15, 0.2) is 17.3 Å². The maximum Gasteiger partial charge on any atom is 0.336 e. The standard InChI is InChI=1S/C30H25FINO5/c1-4-37-30(35)24-16(2)33-27-20-10-5-6-11-21(20)28(34)26(27)25(24)18-13-22(32)29(23(14-18)36-3)38-15-17-8-7-9-19(31)12-17/h5-14,25,33H,4,15H2,1-3H3/t25-/m1/s1. The summed E-state index contributed by atoms with van der Waals surface area (Å²) in [6, 6.07) is 17.3. The van der Waals surface area contributed by atoms with E-state index in [1.165, 1.54) is 19.2 Å². The van der Waals surface area contributed by atoms with E-state index in [9.17, 15) is 14.0 Å². The zero-order valence-corrected chi connectivity index (χ0v) is 23.2. The van der Waals surface area contributed by atoms with Gasteiger partial charge in [0, 0.05) is 28.3 Å². The molecule has 0 amide bonds. The van der Waals surface area contributed by atoms with Crippen LogP contribution in [0, 0.1) is 9.39 Å². The Balaban J connectivity index is 1.60. The first-order chi connectivity index (χ1) is 18.3. The van der Waals surface area contributed by atoms with E-state index in [-0.39, 0.29) is 24.8 Å². The van der Waals surface area contributed by atoms with Crippen LogP contribution in [0.3, 0.4) is 0 Å². The minimum absolute atomic E-state index is 0.136. The lowest BCUT2D eigenvalue weighted by Gasteiger charge is -2.30. The number of ether oxygens (including phenoxy) is 3. The number of methoxy groups -OCH3 is 1. The Morgan fingerprint density at radius 3 is 2.55 bits per heavy atom. The SMILES string of the molecule is CCOC(=O)C1=C(C)NC2=C(C(=O)c3ccccc32)[C@@H]1c1cc(I)c(OCc2cccc(F)c2)c(OC)c1. The number of ketones is 1. The van der Waals surface area contributed by atoms with Crippen LogP contribution >= 0.6 is 22.6 Å². The second-order valence-corrected chi connectivity index (χ2v) is 10.1. The van der Waals surface area contributed by atoms with Gasteiger partial charge in [-0.3, -0.25) is 4.79 Å². The maximum atomic E-state index is 13.7. The number of dihydropyridines is 1. The van der Waals surface area contributed by atoms with Crippen molar-refractivity contribution in [1.82, 2.24) is 5.32 Å². The van der Waals surface area contributed by atoms with E-state index in [2.05, 4.69) is 27.9 Å². The molecule has 1 atom stereocenters. The molecule has 0 unspecified atom stereocenters. The fourth-order valence-electron chi connectivity index (χ4n) is 4.97. The summed E-state index contributed by atoms with van der Waals surface area (Å²) < 4.78 is 31.5. The lowest BCUT2D eigenvalue weighted by molar-refractivity contribution is -0.138. The van der Waals surface area contributed by atoms with Crippen LogP contribution < -0.4 is 14.8 Å². The Morgan fingerprint density at radius 2 is 1.84 bits per heavy atom. The van der Waals surface area contributed by atoms with Crippen molar-refractivity contribution in [2.24, 2.45) is 0 Å². The van der Waals surface area contributed by atoms with Gasteiger partial charge in [-0.05, 0) is 71.8 Å². The van der Waals surface area contributed by atoms with E-state index in [0.29, 0.717) is 50.7 Å². The van der Waals surface area contributed by atoms with Crippen molar-refractivity contribution in [3.63, 3.8) is 0 Å². The molecule has 0 spiro atoms. The van der Waals surface area contributed by atoms with Crippen LogP contribution in [-0.2, 0) is 16.1 Å². The molecule has 194 valence electrons. The van der Waals surface area contributed by atoms with Gasteiger partial charge in [-0.15, -0.1) is 0 Å². The van der Waals surface area contributed by atoms with Gasteiger partial charge in [-0.2, -0.15) is 0 Å². The van der Waals surface area contributed by atoms with Crippen molar-refractivity contribution >= 4 is 40.0 Å². The van der Waals surface area contributed by atoms with Crippen LogP contribution in [0.5, 0.6) is 11.5 Å². The molecule has 8 heteroatoms. The molecular weight excluding hydrogens is 600 g/mol. The molecule has 1 heterocycles. The number of benzene rings is 3. The van der Waals surface area contributed by atoms with Gasteiger partial charge in [0.2, 0.25) is 0 Å². The Bertz CT molecular complexity index is 1530. The van der Waals surface area contributed by atoms with Crippen molar-refractivity contribution in [1.29, 1.82) is 0 Å². The molecule has 0 aromatic heterocycles. The van der Waals surface area contributed by atoms with E-state index in [4.69, 9.17) is 14.2 Å². The first-order valence-corrected chi connectivity index (χ1v) is 13.2. The van der Waals surface area contributed by atoms with Crippen molar-refractivity contribution in [2.75, 3.05) is 13.7 Å². The van der Waals surface area contributed by atoms with Crippen molar-refractivity contribution in [3.8, 4) is 11.5 Å². The van der Waals surface area contributed by atoms with Gasteiger partial charge in [0.25, 0.3) is 0 Å². The third-order valence-corrected chi connectivity index (χ3v) is 7.40. The topological polar surface area (TPSA) is 73.9 Å². The lowest BCUT2D eigenvalue weighted by atomic mass is 9.79. The van der Waals surface area contributed by atoms with Crippen LogP contribution in [0.2, 0.25) is 0 Å². The van der Waals surface area contributed by atoms with Crippen LogP contribution in [-0.4, -0.2) is 25.5 Å². The van der Waals surface area contributed by atoms with E-state index in [0.717, 1.165) is 9.13 Å². The third kappa shape index (κ3) is 4.57. The number of Topliss-reactive ketones (excluding diaryl/α,β-unsaturated/α-hetero) is 1. The highest BCUT2D eigenvalue weighted by Gasteiger charge is 2.43. The summed E-state index contributed by atoms with van der Waals surface area (Å²) in [5, 5.41) is 3.30. The highest BCUT2D eigenvalue weighted by Crippen LogP contribution is 2.48. The van der Waals surface area contributed by atoms with Crippen LogP contribution in [0.1, 0.15) is 46.8 Å². The van der Waals surface area contributed by atoms with Crippen molar-refractivity contribution in [2.45, 2.75) is 26.4 Å². The van der Waals surface area contributed by atoms with Gasteiger partial charge < -0.3 is 19.5 Å². The highest BCUT2D eigenvalue weighted by atomic mass is 127. The lowest BCUT2D eigenvalue weighted by Crippen LogP contribution is -2.29. The predicted octanol–water partition coefficient (Wildman–Crippen LogP) is 6.15. The van der Waals surface area contributed by atoms with Crippen LogP contribution in [0.15, 0.2) is 77.5 Å². The summed E-state index contributed by atoms with van der Waals surface area (Å²) in [6.45, 7) is 3.91. The summed E-state index contributed by atoms with van der Waals surface area (Å²) in [6.07, 6.45) is 0. The minimum Gasteiger partial charge on any atom is -0.493 e. The summed E-state index contributed by atoms with van der Waals surface area (Å²) in [5.74, 6) is -0.712. The van der Waals surface area contributed by atoms with Crippen LogP contribution in [0.25, 0.3) is 5.70 Å². The van der Waals surface area contributed by atoms with E-state index >= 15 is 0 Å². The molecule has 3 aromatic rings. The molecule has 1 aliphatic carbocycles. The molecular formula is C30H25FINO5. The van der Waals surface area contributed by atoms with Gasteiger partial charge in [0.1, 0.15) is 12.4 Å². The smallest absolute Gasteiger partial charge is 0.336 e. The number of rotatable bonds is 7. The molecule has 0 fully saturated rings. The van der Waals surface area contributed by atoms with Crippen molar-refractivity contribution in [3.05, 3.63) is 109 Å². The maximum absolute atomic E-state index is 13.7. The van der Waals surface area contributed by atoms with Gasteiger partial charge in [-0.1, -0.05) is 36.4 Å². The number of nitrogens with one attached hydrogen (secondary N) is 1. The monoisotopic (exact) mass is 625 g/mol. The fraction of sp³-hybridized carbons (Fsp3) is 0.200. The second kappa shape index (κ2) is 10.6. The van der Waals surface area contributed by atoms with Crippen molar-refractivity contribution < 1.29 is 28.2 Å². The van der Waals surface area contributed by atoms with Gasteiger partial charge in [0.05, 0.1) is 28.6 Å². The van der Waals surface area contributed by atoms with Gasteiger partial charge in [-0.25, -0.2) is 9.18 Å². The first-order valence-electron chi connectivity index (χ1n) is 12.1. The van der Waals surface area contributed by atoms with Gasteiger partial charge >= 0.3 is 5.97 Å². The average molecular weight is 625 g/mol. The number of allylic oxidation sites excluding steroid dienone is 2. The highest BCUT2D eigenvalue weighted by molar-refractivity contribution is 14.1. The summed E-state index contributed by atoms with van der Waals surface area (Å²) in [5.41, 5.74) is 4.95. The Hall–Kier alpha value is -3.66. The normalized spacial score (nSPS) is 16.1. The number of carbonyl (C=O) groups excluding carboxylic acids is 2. The van der Waals surface area contributed by atoms with E-state index in [1.54, 1.807) is 31.2 Å².